The van der Waals surface area contributed by atoms with Gasteiger partial charge in [-0.3, -0.25) is 0 Å². The molecular weight excluding hydrogens is 196 g/mol. The molecule has 1 saturated carbocycles. The monoisotopic (exact) mass is 216 g/mol. The van der Waals surface area contributed by atoms with Crippen LogP contribution in [0.1, 0.15) is 49.7 Å². The van der Waals surface area contributed by atoms with Crippen LogP contribution in [0.25, 0.3) is 0 Å². The van der Waals surface area contributed by atoms with E-state index in [0.717, 1.165) is 5.75 Å². The van der Waals surface area contributed by atoms with E-state index >= 15 is 0 Å². The maximum absolute atomic E-state index is 6.08. The van der Waals surface area contributed by atoms with Crippen molar-refractivity contribution in [3.8, 4) is 5.75 Å². The lowest BCUT2D eigenvalue weighted by Gasteiger charge is -2.23. The standard InChI is InChI=1S/C15H20O/c1-2-7-14(8-3-1)16-15-10-9-12-5-4-6-13(12)11-15/h9-11,14H,1-8H2. The van der Waals surface area contributed by atoms with Gasteiger partial charge in [-0.25, -0.2) is 0 Å². The van der Waals surface area contributed by atoms with E-state index in [1.54, 1.807) is 0 Å². The average molecular weight is 216 g/mol. The molecule has 0 unspecified atom stereocenters. The van der Waals surface area contributed by atoms with Gasteiger partial charge in [-0.1, -0.05) is 12.5 Å². The van der Waals surface area contributed by atoms with Crippen molar-refractivity contribution in [1.29, 1.82) is 0 Å². The van der Waals surface area contributed by atoms with Crippen molar-refractivity contribution in [3.05, 3.63) is 29.3 Å². The van der Waals surface area contributed by atoms with Crippen molar-refractivity contribution in [2.75, 3.05) is 0 Å². The minimum Gasteiger partial charge on any atom is -0.490 e. The molecule has 0 aliphatic heterocycles. The molecule has 0 spiro atoms. The van der Waals surface area contributed by atoms with Gasteiger partial charge in [0.2, 0.25) is 0 Å². The molecule has 2 aliphatic carbocycles. The van der Waals surface area contributed by atoms with Crippen LogP contribution in [0.3, 0.4) is 0 Å². The Kier molecular flexibility index (Phi) is 2.86. The van der Waals surface area contributed by atoms with Crippen LogP contribution in [0, 0.1) is 0 Å². The Balaban J connectivity index is 1.69. The van der Waals surface area contributed by atoms with Crippen LogP contribution < -0.4 is 4.74 Å². The van der Waals surface area contributed by atoms with Crippen LogP contribution >= 0.6 is 0 Å². The second-order valence-electron chi connectivity index (χ2n) is 5.16. The lowest BCUT2D eigenvalue weighted by Crippen LogP contribution is -2.19. The summed E-state index contributed by atoms with van der Waals surface area (Å²) in [7, 11) is 0. The number of hydrogen-bond donors (Lipinski definition) is 0. The zero-order chi connectivity index (χ0) is 10.8. The summed E-state index contributed by atoms with van der Waals surface area (Å²) >= 11 is 0. The molecule has 86 valence electrons. The average Bonchev–Trinajstić information content (AvgIpc) is 2.77. The van der Waals surface area contributed by atoms with Gasteiger partial charge >= 0.3 is 0 Å². The lowest BCUT2D eigenvalue weighted by atomic mass is 9.98. The molecule has 0 heterocycles. The summed E-state index contributed by atoms with van der Waals surface area (Å²) in [5.41, 5.74) is 3.06. The van der Waals surface area contributed by atoms with Crippen molar-refractivity contribution < 1.29 is 4.74 Å². The van der Waals surface area contributed by atoms with Gasteiger partial charge in [-0.2, -0.15) is 0 Å². The van der Waals surface area contributed by atoms with Crippen molar-refractivity contribution >= 4 is 0 Å². The minimum atomic E-state index is 0.480. The predicted octanol–water partition coefficient (Wildman–Crippen LogP) is 3.89. The van der Waals surface area contributed by atoms with E-state index in [0.29, 0.717) is 6.10 Å². The smallest absolute Gasteiger partial charge is 0.120 e. The molecule has 0 amide bonds. The van der Waals surface area contributed by atoms with Crippen molar-refractivity contribution in [1.82, 2.24) is 0 Å². The Morgan fingerprint density at radius 1 is 0.875 bits per heavy atom. The maximum atomic E-state index is 6.08. The molecule has 1 heteroatoms. The van der Waals surface area contributed by atoms with Gasteiger partial charge in [-0.15, -0.1) is 0 Å². The second-order valence-corrected chi connectivity index (χ2v) is 5.16. The Morgan fingerprint density at radius 3 is 2.56 bits per heavy atom. The van der Waals surface area contributed by atoms with E-state index in [2.05, 4.69) is 18.2 Å². The van der Waals surface area contributed by atoms with Crippen LogP contribution in [0.5, 0.6) is 5.75 Å². The molecule has 0 bridgehead atoms. The van der Waals surface area contributed by atoms with Crippen LogP contribution in [0.4, 0.5) is 0 Å². The predicted molar refractivity (Wildman–Crippen MR) is 66.0 cm³/mol. The van der Waals surface area contributed by atoms with E-state index in [1.807, 2.05) is 0 Å². The summed E-state index contributed by atoms with van der Waals surface area (Å²) in [6.07, 6.45) is 10.9. The Bertz CT molecular complexity index is 364. The normalized spacial score (nSPS) is 20.8. The largest absolute Gasteiger partial charge is 0.490 e. The Labute approximate surface area is 97.8 Å². The Hall–Kier alpha value is -0.980. The molecule has 16 heavy (non-hydrogen) atoms. The first-order chi connectivity index (χ1) is 7.92. The summed E-state index contributed by atoms with van der Waals surface area (Å²) in [5, 5.41) is 0. The first kappa shape index (κ1) is 10.2. The summed E-state index contributed by atoms with van der Waals surface area (Å²) < 4.78 is 6.08. The third kappa shape index (κ3) is 2.09. The first-order valence-electron chi connectivity index (χ1n) is 6.70. The molecule has 2 aliphatic rings. The second kappa shape index (κ2) is 4.48. The Morgan fingerprint density at radius 2 is 1.69 bits per heavy atom. The van der Waals surface area contributed by atoms with E-state index in [-0.39, 0.29) is 0 Å². The molecule has 3 rings (SSSR count). The van der Waals surface area contributed by atoms with E-state index in [9.17, 15) is 0 Å². The number of benzene rings is 1. The van der Waals surface area contributed by atoms with E-state index in [1.165, 1.54) is 62.5 Å². The van der Waals surface area contributed by atoms with Crippen molar-refractivity contribution in [3.63, 3.8) is 0 Å². The third-order valence-corrected chi connectivity index (χ3v) is 3.92. The van der Waals surface area contributed by atoms with E-state index in [4.69, 9.17) is 4.74 Å². The quantitative estimate of drug-likeness (QED) is 0.728. The first-order valence-corrected chi connectivity index (χ1v) is 6.70. The maximum Gasteiger partial charge on any atom is 0.120 e. The van der Waals surface area contributed by atoms with Gasteiger partial charge < -0.3 is 4.74 Å². The van der Waals surface area contributed by atoms with Crippen LogP contribution in [-0.2, 0) is 12.8 Å². The lowest BCUT2D eigenvalue weighted by molar-refractivity contribution is 0.155. The SMILES string of the molecule is c1cc2c(cc1OC1CCCCC1)CCC2. The minimum absolute atomic E-state index is 0.480. The number of rotatable bonds is 2. The van der Waals surface area contributed by atoms with Crippen LogP contribution in [-0.4, -0.2) is 6.10 Å². The van der Waals surface area contributed by atoms with Gasteiger partial charge in [-0.05, 0) is 68.2 Å². The highest BCUT2D eigenvalue weighted by atomic mass is 16.5. The number of ether oxygens (including phenoxy) is 1. The molecule has 1 fully saturated rings. The molecule has 0 saturated heterocycles. The molecule has 1 aromatic rings. The van der Waals surface area contributed by atoms with Crippen LogP contribution in [0.15, 0.2) is 18.2 Å². The molecular formula is C15H20O. The summed E-state index contributed by atoms with van der Waals surface area (Å²) in [4.78, 5) is 0. The van der Waals surface area contributed by atoms with E-state index < -0.39 is 0 Å². The number of hydrogen-bond acceptors (Lipinski definition) is 1. The molecule has 0 N–H and O–H groups in total. The van der Waals surface area contributed by atoms with Crippen molar-refractivity contribution in [2.24, 2.45) is 0 Å². The zero-order valence-electron chi connectivity index (χ0n) is 9.87. The van der Waals surface area contributed by atoms with Gasteiger partial charge in [0.05, 0.1) is 6.10 Å². The number of fused-ring (bicyclic) bond motifs is 1. The molecule has 0 aromatic heterocycles. The summed E-state index contributed by atoms with van der Waals surface area (Å²) in [6.45, 7) is 0. The summed E-state index contributed by atoms with van der Waals surface area (Å²) in [5.74, 6) is 1.10. The van der Waals surface area contributed by atoms with Gasteiger partial charge in [0, 0.05) is 0 Å². The highest BCUT2D eigenvalue weighted by molar-refractivity contribution is 5.38. The van der Waals surface area contributed by atoms with Gasteiger partial charge in [0.1, 0.15) is 5.75 Å². The number of aryl methyl sites for hydroxylation is 2. The van der Waals surface area contributed by atoms with Gasteiger partial charge in [0.25, 0.3) is 0 Å². The van der Waals surface area contributed by atoms with Crippen molar-refractivity contribution in [2.45, 2.75) is 57.5 Å². The topological polar surface area (TPSA) is 9.23 Å². The highest BCUT2D eigenvalue weighted by Crippen LogP contribution is 2.28. The van der Waals surface area contributed by atoms with Gasteiger partial charge in [0.15, 0.2) is 0 Å². The fourth-order valence-corrected chi connectivity index (χ4v) is 3.00. The molecule has 1 nitrogen and oxygen atoms in total. The fraction of sp³-hybridized carbons (Fsp3) is 0.600. The third-order valence-electron chi connectivity index (χ3n) is 3.92. The molecule has 1 aromatic carbocycles. The molecule has 0 radical (unpaired) electrons. The molecule has 0 atom stereocenters. The highest BCUT2D eigenvalue weighted by Gasteiger charge is 2.16. The zero-order valence-corrected chi connectivity index (χ0v) is 9.87. The summed E-state index contributed by atoms with van der Waals surface area (Å²) in [6, 6.07) is 6.70. The van der Waals surface area contributed by atoms with Crippen LogP contribution in [0.2, 0.25) is 0 Å². The fourth-order valence-electron chi connectivity index (χ4n) is 3.00.